The van der Waals surface area contributed by atoms with Gasteiger partial charge in [0.1, 0.15) is 5.52 Å². The van der Waals surface area contributed by atoms with E-state index in [2.05, 4.69) is 37.4 Å². The number of halogens is 1. The summed E-state index contributed by atoms with van der Waals surface area (Å²) >= 11 is 4.88. The van der Waals surface area contributed by atoms with Crippen LogP contribution >= 0.6 is 27.5 Å². The molecule has 0 fully saturated rings. The van der Waals surface area contributed by atoms with Gasteiger partial charge in [-0.1, -0.05) is 30.7 Å². The van der Waals surface area contributed by atoms with Gasteiger partial charge in [0.25, 0.3) is 0 Å². The van der Waals surface area contributed by atoms with Crippen molar-refractivity contribution in [1.29, 1.82) is 0 Å². The fraction of sp³-hybridized carbons (Fsp3) is 0.545. The van der Waals surface area contributed by atoms with Crippen molar-refractivity contribution in [3.8, 4) is 0 Å². The third-order valence-corrected chi connectivity index (χ3v) is 3.93. The Morgan fingerprint density at radius 2 is 2.19 bits per heavy atom. The van der Waals surface area contributed by atoms with Gasteiger partial charge >= 0.3 is 0 Å². The Morgan fingerprint density at radius 1 is 1.31 bits per heavy atom. The minimum Gasteiger partial charge on any atom is -0.258 e. The van der Waals surface area contributed by atoms with Crippen molar-refractivity contribution < 1.29 is 0 Å². The van der Waals surface area contributed by atoms with E-state index in [0.29, 0.717) is 0 Å². The van der Waals surface area contributed by atoms with E-state index in [0.717, 1.165) is 26.8 Å². The van der Waals surface area contributed by atoms with Crippen LogP contribution in [0.25, 0.3) is 10.2 Å². The molecule has 0 radical (unpaired) electrons. The van der Waals surface area contributed by atoms with Crippen LogP contribution in [0.1, 0.15) is 38.3 Å². The normalized spacial score (nSPS) is 11.1. The molecule has 2 heterocycles. The van der Waals surface area contributed by atoms with Gasteiger partial charge in [0.05, 0.1) is 14.9 Å². The summed E-state index contributed by atoms with van der Waals surface area (Å²) < 4.78 is 6.06. The fourth-order valence-corrected chi connectivity index (χ4v) is 2.90. The Bertz CT molecular complexity index is 469. The molecule has 0 bridgehead atoms. The lowest BCUT2D eigenvalue weighted by Gasteiger charge is -2.01. The molecule has 0 unspecified atom stereocenters. The number of aromatic nitrogens is 3. The second-order valence-corrected chi connectivity index (χ2v) is 5.42. The highest BCUT2D eigenvalue weighted by Gasteiger charge is 2.09. The molecule has 0 spiro atoms. The molecule has 3 nitrogen and oxygen atoms in total. The van der Waals surface area contributed by atoms with Gasteiger partial charge in [-0.15, -0.1) is 5.10 Å². The largest absolute Gasteiger partial charge is 0.258 e. The first-order valence-electron chi connectivity index (χ1n) is 5.58. The summed E-state index contributed by atoms with van der Waals surface area (Å²) in [6.07, 6.45) is 7.93. The minimum absolute atomic E-state index is 0.938. The quantitative estimate of drug-likeness (QED) is 0.784. The van der Waals surface area contributed by atoms with Crippen LogP contribution < -0.4 is 0 Å². The predicted molar refractivity (Wildman–Crippen MR) is 70.8 cm³/mol. The summed E-state index contributed by atoms with van der Waals surface area (Å²) in [5.41, 5.74) is 2.09. The molecule has 0 aromatic carbocycles. The van der Waals surface area contributed by atoms with Crippen molar-refractivity contribution in [2.24, 2.45) is 0 Å². The van der Waals surface area contributed by atoms with E-state index in [1.807, 2.05) is 6.20 Å². The molecule has 0 aliphatic rings. The summed E-state index contributed by atoms with van der Waals surface area (Å²) in [6, 6.07) is 0. The van der Waals surface area contributed by atoms with Crippen LogP contribution in [0.2, 0.25) is 0 Å². The first-order chi connectivity index (χ1) is 7.83. The highest BCUT2D eigenvalue weighted by Crippen LogP contribution is 2.26. The van der Waals surface area contributed by atoms with E-state index >= 15 is 0 Å². The summed E-state index contributed by atoms with van der Waals surface area (Å²) in [5.74, 6) is 0. The molecular formula is C11H14BrN3S. The first kappa shape index (κ1) is 11.9. The van der Waals surface area contributed by atoms with Gasteiger partial charge in [0.15, 0.2) is 0 Å². The highest BCUT2D eigenvalue weighted by molar-refractivity contribution is 9.10. The number of aryl methyl sites for hydroxylation is 1. The van der Waals surface area contributed by atoms with Crippen molar-refractivity contribution in [3.63, 3.8) is 0 Å². The maximum Gasteiger partial charge on any atom is 0.123 e. The van der Waals surface area contributed by atoms with Gasteiger partial charge in [-0.3, -0.25) is 4.98 Å². The number of nitrogens with zero attached hydrogens (tertiary/aromatic N) is 3. The standard InChI is InChI=1S/C11H14BrN3S/c1-2-3-4-5-6-9-11-10(14-15-16-11)8(12)7-13-9/h7H,2-6H2,1H3. The maximum absolute atomic E-state index is 4.46. The van der Waals surface area contributed by atoms with Gasteiger partial charge in [-0.2, -0.15) is 0 Å². The molecule has 2 rings (SSSR count). The van der Waals surface area contributed by atoms with Gasteiger partial charge in [0, 0.05) is 6.20 Å². The molecular weight excluding hydrogens is 286 g/mol. The van der Waals surface area contributed by atoms with Crippen molar-refractivity contribution >= 4 is 37.7 Å². The topological polar surface area (TPSA) is 38.7 Å². The number of hydrogen-bond donors (Lipinski definition) is 0. The number of fused-ring (bicyclic) bond motifs is 1. The van der Waals surface area contributed by atoms with E-state index in [-0.39, 0.29) is 0 Å². The monoisotopic (exact) mass is 299 g/mol. The smallest absolute Gasteiger partial charge is 0.123 e. The number of pyridine rings is 1. The molecule has 2 aromatic heterocycles. The molecule has 16 heavy (non-hydrogen) atoms. The first-order valence-corrected chi connectivity index (χ1v) is 7.15. The van der Waals surface area contributed by atoms with E-state index < -0.39 is 0 Å². The second-order valence-electron chi connectivity index (χ2n) is 3.81. The molecule has 0 amide bonds. The van der Waals surface area contributed by atoms with Crippen molar-refractivity contribution in [2.45, 2.75) is 39.0 Å². The lowest BCUT2D eigenvalue weighted by atomic mass is 10.1. The van der Waals surface area contributed by atoms with Crippen LogP contribution in [-0.4, -0.2) is 14.6 Å². The molecule has 0 aliphatic heterocycles. The minimum atomic E-state index is 0.938. The lowest BCUT2D eigenvalue weighted by molar-refractivity contribution is 0.663. The number of hydrogen-bond acceptors (Lipinski definition) is 4. The van der Waals surface area contributed by atoms with E-state index in [9.17, 15) is 0 Å². The molecule has 86 valence electrons. The Balaban J connectivity index is 2.12. The van der Waals surface area contributed by atoms with Crippen LogP contribution in [0.3, 0.4) is 0 Å². The summed E-state index contributed by atoms with van der Waals surface area (Å²) in [6.45, 7) is 2.23. The maximum atomic E-state index is 4.46. The molecule has 2 aromatic rings. The Morgan fingerprint density at radius 3 is 3.00 bits per heavy atom. The average Bonchev–Trinajstić information content (AvgIpc) is 2.77. The molecule has 5 heteroatoms. The van der Waals surface area contributed by atoms with Crippen LogP contribution in [0.4, 0.5) is 0 Å². The molecule has 0 aliphatic carbocycles. The molecule has 0 saturated carbocycles. The zero-order chi connectivity index (χ0) is 11.4. The van der Waals surface area contributed by atoms with Crippen LogP contribution in [-0.2, 0) is 6.42 Å². The van der Waals surface area contributed by atoms with E-state index in [1.54, 1.807) is 0 Å². The summed E-state index contributed by atoms with van der Waals surface area (Å²) in [7, 11) is 0. The van der Waals surface area contributed by atoms with Gasteiger partial charge in [-0.25, -0.2) is 0 Å². The Labute approximate surface area is 108 Å². The van der Waals surface area contributed by atoms with Crippen molar-refractivity contribution in [3.05, 3.63) is 16.4 Å². The zero-order valence-electron chi connectivity index (χ0n) is 9.24. The van der Waals surface area contributed by atoms with Gasteiger partial charge in [-0.05, 0) is 40.3 Å². The third-order valence-electron chi connectivity index (χ3n) is 2.58. The van der Waals surface area contributed by atoms with Crippen LogP contribution in [0.15, 0.2) is 10.7 Å². The average molecular weight is 300 g/mol. The predicted octanol–water partition coefficient (Wildman–Crippen LogP) is 3.97. The van der Waals surface area contributed by atoms with Gasteiger partial charge < -0.3 is 0 Å². The zero-order valence-corrected chi connectivity index (χ0v) is 11.6. The van der Waals surface area contributed by atoms with Gasteiger partial charge in [0.2, 0.25) is 0 Å². The summed E-state index contributed by atoms with van der Waals surface area (Å²) in [4.78, 5) is 4.46. The Hall–Kier alpha value is -0.550. The number of rotatable bonds is 5. The van der Waals surface area contributed by atoms with Crippen LogP contribution in [0, 0.1) is 0 Å². The van der Waals surface area contributed by atoms with Crippen LogP contribution in [0.5, 0.6) is 0 Å². The van der Waals surface area contributed by atoms with E-state index in [4.69, 9.17) is 0 Å². The molecule has 0 saturated heterocycles. The van der Waals surface area contributed by atoms with E-state index in [1.165, 1.54) is 37.2 Å². The molecule has 0 atom stereocenters. The molecule has 0 N–H and O–H groups in total. The van der Waals surface area contributed by atoms with Crippen molar-refractivity contribution in [1.82, 2.24) is 14.6 Å². The SMILES string of the molecule is CCCCCCc1ncc(Br)c2nnsc12. The highest BCUT2D eigenvalue weighted by atomic mass is 79.9. The lowest BCUT2D eigenvalue weighted by Crippen LogP contribution is -1.91. The van der Waals surface area contributed by atoms with Crippen molar-refractivity contribution in [2.75, 3.05) is 0 Å². The third kappa shape index (κ3) is 2.58. The summed E-state index contributed by atoms with van der Waals surface area (Å²) in [5, 5.41) is 4.10. The second kappa shape index (κ2) is 5.68. The Kier molecular flexibility index (Phi) is 4.23. The fourth-order valence-electron chi connectivity index (χ4n) is 1.69. The number of unbranched alkanes of at least 4 members (excludes halogenated alkanes) is 3.